The van der Waals surface area contributed by atoms with Crippen LogP contribution in [0.4, 0.5) is 4.39 Å². The van der Waals surface area contributed by atoms with Crippen LogP contribution in [0.25, 0.3) is 0 Å². The molecule has 1 heterocycles. The smallest absolute Gasteiger partial charge is 0.145 e. The largest absolute Gasteiger partial charge is 0.411 e. The molecule has 0 spiro atoms. The lowest BCUT2D eigenvalue weighted by Gasteiger charge is -1.94. The first-order chi connectivity index (χ1) is 5.24. The average Bonchev–Trinajstić information content (AvgIpc) is 1.98. The molecule has 0 amide bonds. The fourth-order valence-electron chi connectivity index (χ4n) is 0.658. The van der Waals surface area contributed by atoms with E-state index < -0.39 is 5.82 Å². The lowest BCUT2D eigenvalue weighted by Crippen LogP contribution is -1.90. The van der Waals surface area contributed by atoms with Gasteiger partial charge in [-0.3, -0.25) is 4.98 Å². The van der Waals surface area contributed by atoms with Gasteiger partial charge in [-0.05, 0) is 13.0 Å². The summed E-state index contributed by atoms with van der Waals surface area (Å²) in [6, 6.07) is 1.25. The van der Waals surface area contributed by atoms with Crippen molar-refractivity contribution < 1.29 is 9.60 Å². The summed E-state index contributed by atoms with van der Waals surface area (Å²) >= 11 is 0. The van der Waals surface area contributed by atoms with Crippen molar-refractivity contribution in [2.75, 3.05) is 0 Å². The Morgan fingerprint density at radius 2 is 2.45 bits per heavy atom. The minimum Gasteiger partial charge on any atom is -0.411 e. The van der Waals surface area contributed by atoms with Gasteiger partial charge in [0, 0.05) is 11.8 Å². The SMILES string of the molecule is Cc1ncc(/C=N/O)cc1F. The Morgan fingerprint density at radius 3 is 3.00 bits per heavy atom. The van der Waals surface area contributed by atoms with Gasteiger partial charge in [-0.1, -0.05) is 5.16 Å². The van der Waals surface area contributed by atoms with Crippen LogP contribution in [0.1, 0.15) is 11.3 Å². The van der Waals surface area contributed by atoms with Gasteiger partial charge in [-0.15, -0.1) is 0 Å². The van der Waals surface area contributed by atoms with E-state index in [9.17, 15) is 4.39 Å². The summed E-state index contributed by atoms with van der Waals surface area (Å²) in [4.78, 5) is 3.72. The molecule has 3 nitrogen and oxygen atoms in total. The molecule has 0 unspecified atom stereocenters. The van der Waals surface area contributed by atoms with Crippen molar-refractivity contribution in [3.63, 3.8) is 0 Å². The van der Waals surface area contributed by atoms with Gasteiger partial charge < -0.3 is 5.21 Å². The Labute approximate surface area is 63.2 Å². The van der Waals surface area contributed by atoms with Crippen molar-refractivity contribution in [1.82, 2.24) is 4.98 Å². The minimum atomic E-state index is -0.401. The van der Waals surface area contributed by atoms with Gasteiger partial charge in [-0.2, -0.15) is 0 Å². The van der Waals surface area contributed by atoms with E-state index in [1.165, 1.54) is 12.3 Å². The van der Waals surface area contributed by atoms with Crippen molar-refractivity contribution in [3.05, 3.63) is 29.3 Å². The van der Waals surface area contributed by atoms with E-state index in [2.05, 4.69) is 10.1 Å². The first-order valence-corrected chi connectivity index (χ1v) is 3.03. The molecule has 1 rings (SSSR count). The summed E-state index contributed by atoms with van der Waals surface area (Å²) in [6.45, 7) is 1.56. The summed E-state index contributed by atoms with van der Waals surface area (Å²) in [5.74, 6) is -0.401. The molecule has 0 saturated heterocycles. The first-order valence-electron chi connectivity index (χ1n) is 3.03. The van der Waals surface area contributed by atoms with E-state index in [1.54, 1.807) is 6.92 Å². The van der Waals surface area contributed by atoms with Crippen LogP contribution in [-0.4, -0.2) is 16.4 Å². The molecule has 0 aliphatic heterocycles. The summed E-state index contributed by atoms with van der Waals surface area (Å²) < 4.78 is 12.7. The number of pyridine rings is 1. The number of halogens is 1. The van der Waals surface area contributed by atoms with Crippen molar-refractivity contribution in [1.29, 1.82) is 0 Å². The fraction of sp³-hybridized carbons (Fsp3) is 0.143. The number of nitrogens with zero attached hydrogens (tertiary/aromatic N) is 2. The molecule has 0 aliphatic rings. The summed E-state index contributed by atoms with van der Waals surface area (Å²) in [6.07, 6.45) is 2.55. The molecule has 0 radical (unpaired) electrons. The second-order valence-corrected chi connectivity index (χ2v) is 2.08. The predicted molar refractivity (Wildman–Crippen MR) is 38.3 cm³/mol. The van der Waals surface area contributed by atoms with Gasteiger partial charge in [0.05, 0.1) is 11.9 Å². The molecule has 0 saturated carbocycles. The van der Waals surface area contributed by atoms with Gasteiger partial charge >= 0.3 is 0 Å². The van der Waals surface area contributed by atoms with Crippen LogP contribution in [-0.2, 0) is 0 Å². The second kappa shape index (κ2) is 3.09. The maximum atomic E-state index is 12.7. The molecule has 0 aromatic carbocycles. The van der Waals surface area contributed by atoms with Crippen molar-refractivity contribution in [3.8, 4) is 0 Å². The standard InChI is InChI=1S/C7H7FN2O/c1-5-7(8)2-6(3-9-5)4-10-11/h2-4,11H,1H3/b10-4+. The Morgan fingerprint density at radius 1 is 1.73 bits per heavy atom. The molecule has 58 valence electrons. The molecule has 0 aliphatic carbocycles. The maximum absolute atomic E-state index is 12.7. The molecule has 4 heteroatoms. The van der Waals surface area contributed by atoms with E-state index in [4.69, 9.17) is 5.21 Å². The van der Waals surface area contributed by atoms with Crippen LogP contribution < -0.4 is 0 Å². The molecule has 1 aromatic heterocycles. The van der Waals surface area contributed by atoms with Crippen molar-refractivity contribution in [2.24, 2.45) is 5.16 Å². The molecule has 0 bridgehead atoms. The zero-order chi connectivity index (χ0) is 8.27. The highest BCUT2D eigenvalue weighted by atomic mass is 19.1. The van der Waals surface area contributed by atoms with E-state index in [-0.39, 0.29) is 0 Å². The van der Waals surface area contributed by atoms with Crippen LogP contribution in [0.3, 0.4) is 0 Å². The number of hydrogen-bond donors (Lipinski definition) is 1. The molecule has 11 heavy (non-hydrogen) atoms. The summed E-state index contributed by atoms with van der Waals surface area (Å²) in [5.41, 5.74) is 0.774. The lowest BCUT2D eigenvalue weighted by molar-refractivity contribution is 0.322. The quantitative estimate of drug-likeness (QED) is 0.377. The van der Waals surface area contributed by atoms with E-state index >= 15 is 0 Å². The van der Waals surface area contributed by atoms with E-state index in [1.807, 2.05) is 0 Å². The first kappa shape index (κ1) is 7.65. The Kier molecular flexibility index (Phi) is 2.15. The average molecular weight is 154 g/mol. The van der Waals surface area contributed by atoms with Gasteiger partial charge in [-0.25, -0.2) is 4.39 Å². The number of aryl methyl sites for hydroxylation is 1. The van der Waals surface area contributed by atoms with Crippen LogP contribution in [0.2, 0.25) is 0 Å². The molecular weight excluding hydrogens is 147 g/mol. The van der Waals surface area contributed by atoms with Gasteiger partial charge in [0.15, 0.2) is 0 Å². The zero-order valence-electron chi connectivity index (χ0n) is 5.95. The van der Waals surface area contributed by atoms with Crippen molar-refractivity contribution >= 4 is 6.21 Å². The lowest BCUT2D eigenvalue weighted by atomic mass is 10.2. The Bertz CT molecular complexity index is 286. The number of rotatable bonds is 1. The molecule has 1 aromatic rings. The second-order valence-electron chi connectivity index (χ2n) is 2.08. The number of aromatic nitrogens is 1. The fourth-order valence-corrected chi connectivity index (χ4v) is 0.658. The topological polar surface area (TPSA) is 45.5 Å². The number of hydrogen-bond acceptors (Lipinski definition) is 3. The highest BCUT2D eigenvalue weighted by Gasteiger charge is 1.97. The molecule has 0 atom stereocenters. The number of oxime groups is 1. The third-order valence-electron chi connectivity index (χ3n) is 1.25. The van der Waals surface area contributed by atoms with Crippen LogP contribution in [0, 0.1) is 12.7 Å². The highest BCUT2D eigenvalue weighted by molar-refractivity contribution is 5.78. The summed E-state index contributed by atoms with van der Waals surface area (Å²) in [5, 5.41) is 10.8. The van der Waals surface area contributed by atoms with Crippen LogP contribution >= 0.6 is 0 Å². The van der Waals surface area contributed by atoms with Crippen LogP contribution in [0.5, 0.6) is 0 Å². The molecule has 0 fully saturated rings. The van der Waals surface area contributed by atoms with E-state index in [0.29, 0.717) is 11.3 Å². The Balaban J connectivity index is 3.05. The van der Waals surface area contributed by atoms with Crippen LogP contribution in [0.15, 0.2) is 17.4 Å². The van der Waals surface area contributed by atoms with Gasteiger partial charge in [0.25, 0.3) is 0 Å². The molecule has 1 N–H and O–H groups in total. The predicted octanol–water partition coefficient (Wildman–Crippen LogP) is 1.34. The third kappa shape index (κ3) is 1.73. The summed E-state index contributed by atoms with van der Waals surface area (Å²) in [7, 11) is 0. The molecular formula is C7H7FN2O. The maximum Gasteiger partial charge on any atom is 0.145 e. The monoisotopic (exact) mass is 154 g/mol. The Hall–Kier alpha value is -1.45. The highest BCUT2D eigenvalue weighted by Crippen LogP contribution is 2.03. The van der Waals surface area contributed by atoms with E-state index in [0.717, 1.165) is 6.21 Å². The normalized spacial score (nSPS) is 10.7. The van der Waals surface area contributed by atoms with Gasteiger partial charge in [0.2, 0.25) is 0 Å². The van der Waals surface area contributed by atoms with Gasteiger partial charge in [0.1, 0.15) is 5.82 Å². The van der Waals surface area contributed by atoms with Crippen molar-refractivity contribution in [2.45, 2.75) is 6.92 Å². The third-order valence-corrected chi connectivity index (χ3v) is 1.25. The zero-order valence-corrected chi connectivity index (χ0v) is 5.95. The minimum absolute atomic E-state index is 0.333.